The summed E-state index contributed by atoms with van der Waals surface area (Å²) in [6.45, 7) is 1.95. The van der Waals surface area contributed by atoms with Crippen LogP contribution in [0.2, 0.25) is 0 Å². The Morgan fingerprint density at radius 3 is 2.53 bits per heavy atom. The molecule has 0 fully saturated rings. The zero-order valence-corrected chi connectivity index (χ0v) is 9.80. The molecule has 2 N–H and O–H groups in total. The van der Waals surface area contributed by atoms with E-state index in [1.54, 1.807) is 6.20 Å². The molecule has 0 bridgehead atoms. The molecule has 0 spiro atoms. The van der Waals surface area contributed by atoms with Gasteiger partial charge in [0.25, 0.3) is 0 Å². The molecular formula is C14H16N2O. The van der Waals surface area contributed by atoms with Gasteiger partial charge in [-0.15, -0.1) is 0 Å². The number of aliphatic hydroxyl groups is 1. The molecule has 0 radical (unpaired) electrons. The largest absolute Gasteiger partial charge is 0.388 e. The zero-order chi connectivity index (χ0) is 12.1. The molecule has 0 saturated carbocycles. The van der Waals surface area contributed by atoms with E-state index >= 15 is 0 Å². The number of nitrogens with zero attached hydrogens (tertiary/aromatic N) is 1. The van der Waals surface area contributed by atoms with Gasteiger partial charge < -0.3 is 10.4 Å². The number of benzene rings is 1. The van der Waals surface area contributed by atoms with E-state index in [1.165, 1.54) is 0 Å². The topological polar surface area (TPSA) is 45.1 Å². The number of aliphatic hydroxyl groups excluding tert-OH is 1. The summed E-state index contributed by atoms with van der Waals surface area (Å²) in [5.74, 6) is 0.781. The third kappa shape index (κ3) is 3.04. The van der Waals surface area contributed by atoms with E-state index in [-0.39, 0.29) is 0 Å². The number of hydrogen-bond donors (Lipinski definition) is 2. The summed E-state index contributed by atoms with van der Waals surface area (Å²) in [4.78, 5) is 4.27. The van der Waals surface area contributed by atoms with Gasteiger partial charge in [-0.25, -0.2) is 4.98 Å². The van der Waals surface area contributed by atoms with Crippen LogP contribution in [0.5, 0.6) is 0 Å². The normalized spacial score (nSPS) is 12.1. The minimum Gasteiger partial charge on any atom is -0.388 e. The van der Waals surface area contributed by atoms with E-state index < -0.39 is 6.10 Å². The Morgan fingerprint density at radius 1 is 1.18 bits per heavy atom. The average Bonchev–Trinajstić information content (AvgIpc) is 2.40. The van der Waals surface area contributed by atoms with Gasteiger partial charge in [-0.3, -0.25) is 0 Å². The van der Waals surface area contributed by atoms with Crippen molar-refractivity contribution in [1.82, 2.24) is 4.98 Å². The third-order valence-electron chi connectivity index (χ3n) is 2.60. The van der Waals surface area contributed by atoms with E-state index in [1.807, 2.05) is 49.4 Å². The molecule has 0 aliphatic carbocycles. The maximum absolute atomic E-state index is 9.65. The Kier molecular flexibility index (Phi) is 3.73. The number of pyridine rings is 1. The smallest absolute Gasteiger partial charge is 0.130 e. The highest BCUT2D eigenvalue weighted by molar-refractivity contribution is 5.55. The zero-order valence-electron chi connectivity index (χ0n) is 9.80. The summed E-state index contributed by atoms with van der Waals surface area (Å²) in [5, 5.41) is 12.8. The van der Waals surface area contributed by atoms with E-state index in [0.29, 0.717) is 6.42 Å². The lowest BCUT2D eigenvalue weighted by atomic mass is 10.1. The summed E-state index contributed by atoms with van der Waals surface area (Å²) in [7, 11) is 0. The van der Waals surface area contributed by atoms with Crippen molar-refractivity contribution in [1.29, 1.82) is 0 Å². The van der Waals surface area contributed by atoms with Crippen LogP contribution in [-0.4, -0.2) is 10.1 Å². The van der Waals surface area contributed by atoms with Gasteiger partial charge in [-0.2, -0.15) is 0 Å². The Bertz CT molecular complexity index is 453. The Balaban J connectivity index is 2.08. The van der Waals surface area contributed by atoms with Crippen molar-refractivity contribution in [2.45, 2.75) is 19.4 Å². The molecule has 0 saturated heterocycles. The number of rotatable bonds is 4. The van der Waals surface area contributed by atoms with E-state index in [2.05, 4.69) is 10.3 Å². The monoisotopic (exact) mass is 228 g/mol. The van der Waals surface area contributed by atoms with Crippen LogP contribution >= 0.6 is 0 Å². The predicted octanol–water partition coefficient (Wildman–Crippen LogP) is 3.27. The number of anilines is 2. The maximum atomic E-state index is 9.65. The molecule has 3 heteroatoms. The average molecular weight is 228 g/mol. The molecule has 1 heterocycles. The first kappa shape index (κ1) is 11.6. The van der Waals surface area contributed by atoms with Crippen molar-refractivity contribution >= 4 is 11.5 Å². The third-order valence-corrected chi connectivity index (χ3v) is 2.60. The van der Waals surface area contributed by atoms with Crippen LogP contribution in [0.15, 0.2) is 48.7 Å². The molecule has 1 unspecified atom stereocenters. The molecule has 88 valence electrons. The number of aromatic nitrogens is 1. The van der Waals surface area contributed by atoms with Crippen molar-refractivity contribution in [3.8, 4) is 0 Å². The fourth-order valence-corrected chi connectivity index (χ4v) is 1.58. The van der Waals surface area contributed by atoms with Gasteiger partial charge in [-0.1, -0.05) is 31.2 Å². The molecule has 3 nitrogen and oxygen atoms in total. The lowest BCUT2D eigenvalue weighted by molar-refractivity contribution is 0.173. The second-order valence-corrected chi connectivity index (χ2v) is 3.89. The highest BCUT2D eigenvalue weighted by atomic mass is 16.3. The standard InChI is InChI=1S/C14H16N2O/c1-2-13(17)11-8-9-14(15-10-11)16-12-6-4-3-5-7-12/h3-10,13,17H,2H2,1H3,(H,15,16). The van der Waals surface area contributed by atoms with Gasteiger partial charge in [-0.05, 0) is 30.2 Å². The van der Waals surface area contributed by atoms with Crippen LogP contribution in [0.1, 0.15) is 25.0 Å². The van der Waals surface area contributed by atoms with Crippen LogP contribution < -0.4 is 5.32 Å². The summed E-state index contributed by atoms with van der Waals surface area (Å²) >= 11 is 0. The second-order valence-electron chi connectivity index (χ2n) is 3.89. The molecule has 0 amide bonds. The van der Waals surface area contributed by atoms with Crippen molar-refractivity contribution in [2.24, 2.45) is 0 Å². The van der Waals surface area contributed by atoms with Gasteiger partial charge in [0.1, 0.15) is 5.82 Å². The van der Waals surface area contributed by atoms with Gasteiger partial charge in [0.15, 0.2) is 0 Å². The van der Waals surface area contributed by atoms with Gasteiger partial charge in [0.2, 0.25) is 0 Å². The first-order valence-corrected chi connectivity index (χ1v) is 5.75. The Labute approximate surface area is 101 Å². The maximum Gasteiger partial charge on any atom is 0.130 e. The molecule has 1 atom stereocenters. The molecular weight excluding hydrogens is 212 g/mol. The van der Waals surface area contributed by atoms with E-state index in [9.17, 15) is 5.11 Å². The SMILES string of the molecule is CCC(O)c1ccc(Nc2ccccc2)nc1. The summed E-state index contributed by atoms with van der Waals surface area (Å²) in [6, 6.07) is 13.6. The Hall–Kier alpha value is -1.87. The second kappa shape index (κ2) is 5.46. The highest BCUT2D eigenvalue weighted by Crippen LogP contribution is 2.18. The van der Waals surface area contributed by atoms with Crippen molar-refractivity contribution in [3.63, 3.8) is 0 Å². The van der Waals surface area contributed by atoms with Crippen molar-refractivity contribution < 1.29 is 5.11 Å². The summed E-state index contributed by atoms with van der Waals surface area (Å²) in [6.07, 6.45) is 1.99. The number of hydrogen-bond acceptors (Lipinski definition) is 3. The van der Waals surface area contributed by atoms with Gasteiger partial charge in [0, 0.05) is 11.9 Å². The first-order chi connectivity index (χ1) is 8.29. The predicted molar refractivity (Wildman–Crippen MR) is 69.2 cm³/mol. The first-order valence-electron chi connectivity index (χ1n) is 5.75. The molecule has 0 aliphatic heterocycles. The molecule has 2 aromatic rings. The van der Waals surface area contributed by atoms with E-state index in [4.69, 9.17) is 0 Å². The van der Waals surface area contributed by atoms with Gasteiger partial charge >= 0.3 is 0 Å². The lowest BCUT2D eigenvalue weighted by Crippen LogP contribution is -1.98. The Morgan fingerprint density at radius 2 is 1.94 bits per heavy atom. The van der Waals surface area contributed by atoms with Crippen LogP contribution in [0.4, 0.5) is 11.5 Å². The fraction of sp³-hybridized carbons (Fsp3) is 0.214. The van der Waals surface area contributed by atoms with Crippen LogP contribution in [0.3, 0.4) is 0 Å². The summed E-state index contributed by atoms with van der Waals surface area (Å²) < 4.78 is 0. The van der Waals surface area contributed by atoms with Crippen molar-refractivity contribution in [3.05, 3.63) is 54.2 Å². The van der Waals surface area contributed by atoms with Crippen LogP contribution in [0, 0.1) is 0 Å². The van der Waals surface area contributed by atoms with Crippen LogP contribution in [-0.2, 0) is 0 Å². The van der Waals surface area contributed by atoms with Crippen LogP contribution in [0.25, 0.3) is 0 Å². The highest BCUT2D eigenvalue weighted by Gasteiger charge is 2.04. The minimum atomic E-state index is -0.423. The minimum absolute atomic E-state index is 0.423. The quantitative estimate of drug-likeness (QED) is 0.844. The van der Waals surface area contributed by atoms with Crippen molar-refractivity contribution in [2.75, 3.05) is 5.32 Å². The van der Waals surface area contributed by atoms with E-state index in [0.717, 1.165) is 17.1 Å². The number of nitrogens with one attached hydrogen (secondary N) is 1. The number of para-hydroxylation sites is 1. The molecule has 0 aliphatic rings. The molecule has 1 aromatic carbocycles. The molecule has 1 aromatic heterocycles. The fourth-order valence-electron chi connectivity index (χ4n) is 1.58. The molecule has 2 rings (SSSR count). The van der Waals surface area contributed by atoms with Gasteiger partial charge in [0.05, 0.1) is 6.10 Å². The summed E-state index contributed by atoms with van der Waals surface area (Å²) in [5.41, 5.74) is 1.86. The molecule has 17 heavy (non-hydrogen) atoms. The lowest BCUT2D eigenvalue weighted by Gasteiger charge is -2.09.